The van der Waals surface area contributed by atoms with Gasteiger partial charge in [-0.15, -0.1) is 0 Å². The molecule has 0 unspecified atom stereocenters. The van der Waals surface area contributed by atoms with Crippen LogP contribution in [-0.2, 0) is 17.5 Å². The van der Waals surface area contributed by atoms with Gasteiger partial charge in [0.05, 0.1) is 5.56 Å². The maximum Gasteiger partial charge on any atom is 0.416 e. The zero-order chi connectivity index (χ0) is 15.5. The van der Waals surface area contributed by atoms with Gasteiger partial charge in [-0.2, -0.15) is 13.2 Å². The first kappa shape index (κ1) is 15.8. The Balaban J connectivity index is 1.98. The van der Waals surface area contributed by atoms with E-state index in [2.05, 4.69) is 10.6 Å². The lowest BCUT2D eigenvalue weighted by Crippen LogP contribution is -2.45. The van der Waals surface area contributed by atoms with Crippen molar-refractivity contribution in [1.82, 2.24) is 10.6 Å². The number of halogens is 3. The molecule has 1 aliphatic rings. The van der Waals surface area contributed by atoms with Crippen molar-refractivity contribution in [3.05, 3.63) is 35.4 Å². The summed E-state index contributed by atoms with van der Waals surface area (Å²) >= 11 is 0. The highest BCUT2D eigenvalue weighted by Gasteiger charge is 2.34. The Morgan fingerprint density at radius 1 is 1.33 bits per heavy atom. The van der Waals surface area contributed by atoms with Crippen LogP contribution in [0.25, 0.3) is 0 Å². The standard InChI is InChI=1S/C15H19F3N2O/c1-14(5-7-19-8-6-14)13(21)20-10-11-3-2-4-12(9-11)15(16,17)18/h2-4,9,19H,5-8,10H2,1H3,(H,20,21). The minimum Gasteiger partial charge on any atom is -0.352 e. The quantitative estimate of drug-likeness (QED) is 0.901. The van der Waals surface area contributed by atoms with E-state index in [0.717, 1.165) is 38.1 Å². The van der Waals surface area contributed by atoms with E-state index in [-0.39, 0.29) is 12.5 Å². The number of amides is 1. The van der Waals surface area contributed by atoms with Gasteiger partial charge in [0, 0.05) is 12.0 Å². The Kier molecular flexibility index (Phi) is 4.56. The molecule has 1 fully saturated rings. The number of piperidine rings is 1. The van der Waals surface area contributed by atoms with Crippen LogP contribution in [0.4, 0.5) is 13.2 Å². The lowest BCUT2D eigenvalue weighted by Gasteiger charge is -2.32. The van der Waals surface area contributed by atoms with Crippen molar-refractivity contribution in [2.45, 2.75) is 32.5 Å². The van der Waals surface area contributed by atoms with E-state index in [0.29, 0.717) is 5.56 Å². The first-order valence-electron chi connectivity index (χ1n) is 6.96. The molecule has 1 heterocycles. The third-order valence-electron chi connectivity index (χ3n) is 3.96. The highest BCUT2D eigenvalue weighted by Crippen LogP contribution is 2.30. The molecule has 1 aromatic rings. The fourth-order valence-electron chi connectivity index (χ4n) is 2.46. The first-order chi connectivity index (χ1) is 9.81. The molecule has 1 saturated heterocycles. The number of alkyl halides is 3. The van der Waals surface area contributed by atoms with Crippen LogP contribution in [0.1, 0.15) is 30.9 Å². The van der Waals surface area contributed by atoms with Crippen LogP contribution in [0.15, 0.2) is 24.3 Å². The summed E-state index contributed by atoms with van der Waals surface area (Å²) in [4.78, 5) is 12.2. The Morgan fingerprint density at radius 2 is 2.00 bits per heavy atom. The zero-order valence-electron chi connectivity index (χ0n) is 11.9. The van der Waals surface area contributed by atoms with Crippen LogP contribution in [0.2, 0.25) is 0 Å². The summed E-state index contributed by atoms with van der Waals surface area (Å²) in [6, 6.07) is 5.04. The van der Waals surface area contributed by atoms with Gasteiger partial charge in [0.1, 0.15) is 0 Å². The molecule has 0 saturated carbocycles. The molecule has 3 nitrogen and oxygen atoms in total. The van der Waals surface area contributed by atoms with Crippen LogP contribution in [0.5, 0.6) is 0 Å². The Bertz CT molecular complexity index is 508. The molecule has 2 rings (SSSR count). The van der Waals surface area contributed by atoms with Gasteiger partial charge in [-0.05, 0) is 43.6 Å². The van der Waals surface area contributed by atoms with E-state index in [1.54, 1.807) is 6.07 Å². The summed E-state index contributed by atoms with van der Waals surface area (Å²) in [5.41, 5.74) is -0.676. The molecule has 0 aromatic heterocycles. The van der Waals surface area contributed by atoms with Crippen LogP contribution >= 0.6 is 0 Å². The van der Waals surface area contributed by atoms with Gasteiger partial charge >= 0.3 is 6.18 Å². The molecule has 0 bridgehead atoms. The average molecular weight is 300 g/mol. The second kappa shape index (κ2) is 6.05. The van der Waals surface area contributed by atoms with Crippen molar-refractivity contribution in [1.29, 1.82) is 0 Å². The summed E-state index contributed by atoms with van der Waals surface area (Å²) in [6.45, 7) is 3.59. The molecule has 1 amide bonds. The van der Waals surface area contributed by atoms with Crippen molar-refractivity contribution in [2.24, 2.45) is 5.41 Å². The van der Waals surface area contributed by atoms with E-state index < -0.39 is 17.2 Å². The molecule has 1 aliphatic heterocycles. The van der Waals surface area contributed by atoms with Crippen LogP contribution in [0, 0.1) is 5.41 Å². The maximum absolute atomic E-state index is 12.6. The minimum absolute atomic E-state index is 0.0959. The van der Waals surface area contributed by atoms with Crippen LogP contribution < -0.4 is 10.6 Å². The zero-order valence-corrected chi connectivity index (χ0v) is 11.9. The number of nitrogens with one attached hydrogen (secondary N) is 2. The van der Waals surface area contributed by atoms with Gasteiger partial charge in [-0.25, -0.2) is 0 Å². The molecule has 116 valence electrons. The highest BCUT2D eigenvalue weighted by molar-refractivity contribution is 5.82. The lowest BCUT2D eigenvalue weighted by molar-refractivity contribution is -0.137. The molecule has 0 radical (unpaired) electrons. The maximum atomic E-state index is 12.6. The Morgan fingerprint density at radius 3 is 2.62 bits per heavy atom. The van der Waals surface area contributed by atoms with Crippen molar-refractivity contribution < 1.29 is 18.0 Å². The van der Waals surface area contributed by atoms with Crippen LogP contribution in [0.3, 0.4) is 0 Å². The van der Waals surface area contributed by atoms with Gasteiger partial charge in [0.15, 0.2) is 0 Å². The van der Waals surface area contributed by atoms with Crippen molar-refractivity contribution >= 4 is 5.91 Å². The summed E-state index contributed by atoms with van der Waals surface area (Å²) in [5, 5.41) is 5.94. The van der Waals surface area contributed by atoms with Crippen molar-refractivity contribution in [3.8, 4) is 0 Å². The monoisotopic (exact) mass is 300 g/mol. The predicted octanol–water partition coefficient (Wildman–Crippen LogP) is 2.71. The van der Waals surface area contributed by atoms with Gasteiger partial charge < -0.3 is 10.6 Å². The highest BCUT2D eigenvalue weighted by atomic mass is 19.4. The SMILES string of the molecule is CC1(C(=O)NCc2cccc(C(F)(F)F)c2)CCNCC1. The molecule has 0 aliphatic carbocycles. The summed E-state index contributed by atoms with van der Waals surface area (Å²) in [6.07, 6.45) is -2.89. The third kappa shape index (κ3) is 3.97. The van der Waals surface area contributed by atoms with Gasteiger partial charge in [-0.1, -0.05) is 19.1 Å². The molecule has 0 spiro atoms. The molecule has 21 heavy (non-hydrogen) atoms. The van der Waals surface area contributed by atoms with Crippen LogP contribution in [-0.4, -0.2) is 19.0 Å². The third-order valence-corrected chi connectivity index (χ3v) is 3.96. The second-order valence-corrected chi connectivity index (χ2v) is 5.69. The molecule has 2 N–H and O–H groups in total. The van der Waals surface area contributed by atoms with Crippen molar-refractivity contribution in [3.63, 3.8) is 0 Å². The van der Waals surface area contributed by atoms with Gasteiger partial charge in [0.2, 0.25) is 5.91 Å². The number of carbonyl (C=O) groups is 1. The molecular weight excluding hydrogens is 281 g/mol. The van der Waals surface area contributed by atoms with Gasteiger partial charge in [-0.3, -0.25) is 4.79 Å². The summed E-state index contributed by atoms with van der Waals surface area (Å²) in [5.74, 6) is -0.0959. The summed E-state index contributed by atoms with van der Waals surface area (Å²) in [7, 11) is 0. The first-order valence-corrected chi connectivity index (χ1v) is 6.96. The summed E-state index contributed by atoms with van der Waals surface area (Å²) < 4.78 is 37.9. The number of carbonyl (C=O) groups excluding carboxylic acids is 1. The van der Waals surface area contributed by atoms with Gasteiger partial charge in [0.25, 0.3) is 0 Å². The largest absolute Gasteiger partial charge is 0.416 e. The number of hydrogen-bond donors (Lipinski definition) is 2. The number of hydrogen-bond acceptors (Lipinski definition) is 2. The molecule has 6 heteroatoms. The Labute approximate surface area is 121 Å². The smallest absolute Gasteiger partial charge is 0.352 e. The van der Waals surface area contributed by atoms with E-state index in [1.165, 1.54) is 6.07 Å². The Hall–Kier alpha value is -1.56. The topological polar surface area (TPSA) is 41.1 Å². The van der Waals surface area contributed by atoms with E-state index in [1.807, 2.05) is 6.92 Å². The fourth-order valence-corrected chi connectivity index (χ4v) is 2.46. The molecule has 0 atom stereocenters. The van der Waals surface area contributed by atoms with Crippen molar-refractivity contribution in [2.75, 3.05) is 13.1 Å². The predicted molar refractivity (Wildman–Crippen MR) is 73.5 cm³/mol. The number of rotatable bonds is 3. The normalized spacial score (nSPS) is 18.3. The lowest BCUT2D eigenvalue weighted by atomic mass is 9.80. The van der Waals surface area contributed by atoms with E-state index >= 15 is 0 Å². The van der Waals surface area contributed by atoms with E-state index in [9.17, 15) is 18.0 Å². The minimum atomic E-state index is -4.36. The fraction of sp³-hybridized carbons (Fsp3) is 0.533. The molecule has 1 aromatic carbocycles. The second-order valence-electron chi connectivity index (χ2n) is 5.69. The number of benzene rings is 1. The molecular formula is C15H19F3N2O. The van der Waals surface area contributed by atoms with E-state index in [4.69, 9.17) is 0 Å². The average Bonchev–Trinajstić information content (AvgIpc) is 2.45.